The van der Waals surface area contributed by atoms with Crippen molar-refractivity contribution in [3.05, 3.63) is 0 Å². The van der Waals surface area contributed by atoms with E-state index in [1.165, 1.54) is 20.0 Å². The van der Waals surface area contributed by atoms with E-state index in [9.17, 15) is 9.59 Å². The van der Waals surface area contributed by atoms with E-state index in [0.29, 0.717) is 19.1 Å². The molecule has 2 aliphatic rings. The van der Waals surface area contributed by atoms with E-state index >= 15 is 0 Å². The molecule has 1 heterocycles. The van der Waals surface area contributed by atoms with Crippen LogP contribution in [0.5, 0.6) is 0 Å². The zero-order valence-electron chi connectivity index (χ0n) is 10.6. The van der Waals surface area contributed by atoms with Crippen molar-refractivity contribution in [2.45, 2.75) is 37.8 Å². The van der Waals surface area contributed by atoms with Crippen molar-refractivity contribution in [3.63, 3.8) is 0 Å². The number of nitrogens with zero attached hydrogens (tertiary/aromatic N) is 1. The smallest absolute Gasteiger partial charge is 0.409 e. The molecule has 2 N–H and O–H groups in total. The van der Waals surface area contributed by atoms with Crippen molar-refractivity contribution in [1.82, 2.24) is 10.2 Å². The lowest BCUT2D eigenvalue weighted by molar-refractivity contribution is -0.138. The van der Waals surface area contributed by atoms with Gasteiger partial charge in [-0.05, 0) is 25.2 Å². The summed E-state index contributed by atoms with van der Waals surface area (Å²) in [4.78, 5) is 24.0. The van der Waals surface area contributed by atoms with Crippen LogP contribution in [0.4, 0.5) is 4.79 Å². The zero-order valence-corrected chi connectivity index (χ0v) is 10.6. The highest BCUT2D eigenvalue weighted by Gasteiger charge is 2.34. The number of carboxylic acids is 1. The van der Waals surface area contributed by atoms with Gasteiger partial charge in [-0.3, -0.25) is 4.79 Å². The van der Waals surface area contributed by atoms with Crippen molar-refractivity contribution in [3.8, 4) is 0 Å². The number of amides is 1. The molecule has 2 rings (SSSR count). The predicted molar refractivity (Wildman–Crippen MR) is 64.3 cm³/mol. The molecule has 0 aromatic heterocycles. The quantitative estimate of drug-likeness (QED) is 0.773. The van der Waals surface area contributed by atoms with Crippen LogP contribution in [0, 0.1) is 5.92 Å². The molecular formula is C12H20N2O4. The van der Waals surface area contributed by atoms with Gasteiger partial charge in [-0.25, -0.2) is 4.79 Å². The highest BCUT2D eigenvalue weighted by atomic mass is 16.5. The van der Waals surface area contributed by atoms with E-state index in [0.717, 1.165) is 6.42 Å². The number of rotatable bonds is 4. The Hall–Kier alpha value is -1.30. The highest BCUT2D eigenvalue weighted by Crippen LogP contribution is 2.25. The van der Waals surface area contributed by atoms with E-state index in [4.69, 9.17) is 9.84 Å². The summed E-state index contributed by atoms with van der Waals surface area (Å²) in [5.74, 6) is -0.802. The summed E-state index contributed by atoms with van der Waals surface area (Å²) in [7, 11) is 1.35. The third kappa shape index (κ3) is 3.60. The molecule has 0 aromatic rings. The molecule has 1 aliphatic carbocycles. The van der Waals surface area contributed by atoms with Crippen LogP contribution in [0.15, 0.2) is 0 Å². The summed E-state index contributed by atoms with van der Waals surface area (Å²) >= 11 is 0. The number of piperidine rings is 1. The molecule has 0 aromatic carbocycles. The van der Waals surface area contributed by atoms with Gasteiger partial charge in [0.15, 0.2) is 0 Å². The minimum atomic E-state index is -0.808. The molecule has 102 valence electrons. The van der Waals surface area contributed by atoms with Crippen molar-refractivity contribution in [2.24, 2.45) is 5.92 Å². The second-order valence-corrected chi connectivity index (χ2v) is 5.21. The van der Waals surface area contributed by atoms with E-state index in [1.54, 1.807) is 4.90 Å². The van der Waals surface area contributed by atoms with E-state index in [2.05, 4.69) is 5.32 Å². The minimum absolute atomic E-state index is 0.00611. The maximum atomic E-state index is 11.6. The molecule has 1 amide bonds. The van der Waals surface area contributed by atoms with Gasteiger partial charge in [-0.15, -0.1) is 0 Å². The van der Waals surface area contributed by atoms with Gasteiger partial charge < -0.3 is 20.1 Å². The summed E-state index contributed by atoms with van der Waals surface area (Å²) in [6.07, 6.45) is 2.91. The Labute approximate surface area is 106 Å². The van der Waals surface area contributed by atoms with Gasteiger partial charge in [-0.1, -0.05) is 0 Å². The van der Waals surface area contributed by atoms with Gasteiger partial charge in [0, 0.05) is 31.6 Å². The number of likely N-dealkylation sites (tertiary alicyclic amines) is 1. The SMILES string of the molecule is COC(=O)N1CC(CC(=O)O)CC(NC2CC2)C1. The molecule has 6 nitrogen and oxygen atoms in total. The third-order valence-corrected chi connectivity index (χ3v) is 3.48. The number of aliphatic carboxylic acids is 1. The fourth-order valence-electron chi connectivity index (χ4n) is 2.58. The molecule has 0 bridgehead atoms. The number of carbonyl (C=O) groups excluding carboxylic acids is 1. The van der Waals surface area contributed by atoms with Crippen molar-refractivity contribution >= 4 is 12.1 Å². The topological polar surface area (TPSA) is 78.9 Å². The average Bonchev–Trinajstić information content (AvgIpc) is 3.10. The summed E-state index contributed by atoms with van der Waals surface area (Å²) in [5, 5.41) is 12.3. The zero-order chi connectivity index (χ0) is 13.1. The fraction of sp³-hybridized carbons (Fsp3) is 0.833. The first kappa shape index (κ1) is 13.1. The number of hydrogen-bond acceptors (Lipinski definition) is 4. The summed E-state index contributed by atoms with van der Waals surface area (Å²) in [6, 6.07) is 0.743. The molecule has 1 saturated carbocycles. The molecule has 1 aliphatic heterocycles. The van der Waals surface area contributed by atoms with Crippen LogP contribution in [0.2, 0.25) is 0 Å². The molecule has 0 radical (unpaired) electrons. The molecular weight excluding hydrogens is 236 g/mol. The largest absolute Gasteiger partial charge is 0.481 e. The Morgan fingerprint density at radius 2 is 2.06 bits per heavy atom. The first-order valence-electron chi connectivity index (χ1n) is 6.39. The Morgan fingerprint density at radius 1 is 1.33 bits per heavy atom. The van der Waals surface area contributed by atoms with Gasteiger partial charge >= 0.3 is 12.1 Å². The highest BCUT2D eigenvalue weighted by molar-refractivity contribution is 5.69. The molecule has 6 heteroatoms. The van der Waals surface area contributed by atoms with Gasteiger partial charge in [0.05, 0.1) is 7.11 Å². The van der Waals surface area contributed by atoms with Crippen molar-refractivity contribution in [1.29, 1.82) is 0 Å². The number of carboxylic acid groups (broad SMARTS) is 1. The van der Waals surface area contributed by atoms with Gasteiger partial charge in [0.2, 0.25) is 0 Å². The van der Waals surface area contributed by atoms with E-state index in [-0.39, 0.29) is 24.5 Å². The first-order chi connectivity index (χ1) is 8.58. The first-order valence-corrected chi connectivity index (χ1v) is 6.39. The number of carbonyl (C=O) groups is 2. The van der Waals surface area contributed by atoms with Crippen LogP contribution in [-0.2, 0) is 9.53 Å². The molecule has 0 spiro atoms. The molecule has 2 fully saturated rings. The minimum Gasteiger partial charge on any atom is -0.481 e. The maximum Gasteiger partial charge on any atom is 0.409 e. The molecule has 1 saturated heterocycles. The fourth-order valence-corrected chi connectivity index (χ4v) is 2.58. The lowest BCUT2D eigenvalue weighted by Gasteiger charge is -2.37. The van der Waals surface area contributed by atoms with E-state index in [1.807, 2.05) is 0 Å². The maximum absolute atomic E-state index is 11.6. The molecule has 18 heavy (non-hydrogen) atoms. The predicted octanol–water partition coefficient (Wildman–Crippen LogP) is 0.670. The molecule has 2 unspecified atom stereocenters. The van der Waals surface area contributed by atoms with Gasteiger partial charge in [-0.2, -0.15) is 0 Å². The van der Waals surface area contributed by atoms with Gasteiger partial charge in [0.1, 0.15) is 0 Å². The summed E-state index contributed by atoms with van der Waals surface area (Å²) < 4.78 is 4.72. The van der Waals surface area contributed by atoms with Crippen LogP contribution in [-0.4, -0.2) is 54.4 Å². The van der Waals surface area contributed by atoms with Crippen LogP contribution in [0.25, 0.3) is 0 Å². The number of methoxy groups -OCH3 is 1. The Balaban J connectivity index is 1.94. The lowest BCUT2D eigenvalue weighted by atomic mass is 9.91. The normalized spacial score (nSPS) is 27.9. The van der Waals surface area contributed by atoms with E-state index < -0.39 is 5.97 Å². The second-order valence-electron chi connectivity index (χ2n) is 5.21. The summed E-state index contributed by atoms with van der Waals surface area (Å²) in [6.45, 7) is 1.08. The van der Waals surface area contributed by atoms with Crippen LogP contribution >= 0.6 is 0 Å². The number of ether oxygens (including phenoxy) is 1. The Kier molecular flexibility index (Phi) is 4.06. The average molecular weight is 256 g/mol. The third-order valence-electron chi connectivity index (χ3n) is 3.48. The van der Waals surface area contributed by atoms with Crippen molar-refractivity contribution in [2.75, 3.05) is 20.2 Å². The second kappa shape index (κ2) is 5.56. The van der Waals surface area contributed by atoms with Gasteiger partial charge in [0.25, 0.3) is 0 Å². The Morgan fingerprint density at radius 3 is 2.61 bits per heavy atom. The van der Waals surface area contributed by atoms with Crippen molar-refractivity contribution < 1.29 is 19.4 Å². The molecule has 2 atom stereocenters. The monoisotopic (exact) mass is 256 g/mol. The van der Waals surface area contributed by atoms with Crippen LogP contribution in [0.1, 0.15) is 25.7 Å². The Bertz CT molecular complexity index is 330. The standard InChI is InChI=1S/C12H20N2O4/c1-18-12(17)14-6-8(5-11(15)16)4-10(7-14)13-9-2-3-9/h8-10,13H,2-7H2,1H3,(H,15,16). The lowest BCUT2D eigenvalue weighted by Crippen LogP contribution is -2.52. The number of nitrogens with one attached hydrogen (secondary N) is 1. The summed E-state index contributed by atoms with van der Waals surface area (Å²) in [5.41, 5.74) is 0. The van der Waals surface area contributed by atoms with Crippen LogP contribution < -0.4 is 5.32 Å². The number of hydrogen-bond donors (Lipinski definition) is 2. The van der Waals surface area contributed by atoms with Crippen LogP contribution in [0.3, 0.4) is 0 Å².